The summed E-state index contributed by atoms with van der Waals surface area (Å²) in [7, 11) is -3.06. The van der Waals surface area contributed by atoms with Crippen LogP contribution >= 0.6 is 0 Å². The minimum atomic E-state index is -3.06. The minimum Gasteiger partial charge on any atom is -0.0689 e. The van der Waals surface area contributed by atoms with Crippen molar-refractivity contribution in [2.75, 3.05) is 0 Å². The molecule has 2 fully saturated rings. The molecule has 0 unspecified atom stereocenters. The maximum absolute atomic E-state index is 8.97. The largest absolute Gasteiger partial charge is 0.0689 e. The van der Waals surface area contributed by atoms with E-state index in [0.29, 0.717) is 25.7 Å². The molecule has 0 amide bonds. The Bertz CT molecular complexity index is 316. The highest BCUT2D eigenvalue weighted by atomic mass is 28.3. The van der Waals surface area contributed by atoms with Crippen LogP contribution in [0.15, 0.2) is 0 Å². The quantitative estimate of drug-likeness (QED) is 0.559. The minimum absolute atomic E-state index is 0.703. The molecular weight excluding hydrogens is 196 g/mol. The molecule has 0 N–H and O–H groups in total. The van der Waals surface area contributed by atoms with Crippen LogP contribution in [0, 0.1) is 0 Å². The SMILES string of the molecule is [2H]C([2H])([2H])[Si](C)(C1([2H])CCCCC1)C1([2H])CCCCC1. The smallest absolute Gasteiger partial charge is 0.0535 e. The van der Waals surface area contributed by atoms with Gasteiger partial charge in [-0.2, -0.15) is 0 Å². The fraction of sp³-hybridized carbons (Fsp3) is 1.00. The van der Waals surface area contributed by atoms with Gasteiger partial charge in [0.05, 0.1) is 8.07 Å². The standard InChI is InChI=1S/C14H28Si/c1-15(2,13-9-5-3-6-10-13)14-11-7-4-8-12-14/h13-14H,3-12H2,1-2H3/i1D3,13D,14D. The van der Waals surface area contributed by atoms with Gasteiger partial charge >= 0.3 is 0 Å². The monoisotopic (exact) mass is 229 g/mol. The lowest BCUT2D eigenvalue weighted by Gasteiger charge is -2.43. The fourth-order valence-corrected chi connectivity index (χ4v) is 6.41. The summed E-state index contributed by atoms with van der Waals surface area (Å²) in [5, 5.41) is 0. The zero-order valence-electron chi connectivity index (χ0n) is 15.1. The van der Waals surface area contributed by atoms with Crippen molar-refractivity contribution in [3.63, 3.8) is 0 Å². The molecule has 0 aromatic rings. The van der Waals surface area contributed by atoms with Gasteiger partial charge in [0, 0.05) is 6.85 Å². The Labute approximate surface area is 104 Å². The lowest BCUT2D eigenvalue weighted by atomic mass is 9.99. The third-order valence-corrected chi connectivity index (χ3v) is 8.16. The number of rotatable bonds is 2. The summed E-state index contributed by atoms with van der Waals surface area (Å²) >= 11 is 0. The first-order chi connectivity index (χ1) is 9.16. The molecule has 0 radical (unpaired) electrons. The highest BCUT2D eigenvalue weighted by Crippen LogP contribution is 2.47. The van der Waals surface area contributed by atoms with Crippen LogP contribution in [0.2, 0.25) is 24.1 Å². The van der Waals surface area contributed by atoms with Crippen LogP contribution in [0.25, 0.3) is 0 Å². The van der Waals surface area contributed by atoms with Crippen molar-refractivity contribution in [3.05, 3.63) is 0 Å². The molecule has 15 heavy (non-hydrogen) atoms. The normalized spacial score (nSPS) is 36.7. The Morgan fingerprint density at radius 1 is 0.867 bits per heavy atom. The van der Waals surface area contributed by atoms with Crippen molar-refractivity contribution in [1.29, 1.82) is 0 Å². The van der Waals surface area contributed by atoms with E-state index in [1.54, 1.807) is 0 Å². The zero-order valence-corrected chi connectivity index (χ0v) is 11.1. The van der Waals surface area contributed by atoms with E-state index in [1.807, 2.05) is 6.55 Å². The second-order valence-corrected chi connectivity index (χ2v) is 9.12. The molecule has 0 atom stereocenters. The molecule has 88 valence electrons. The van der Waals surface area contributed by atoms with Gasteiger partial charge in [0.2, 0.25) is 0 Å². The van der Waals surface area contributed by atoms with Crippen LogP contribution in [0.5, 0.6) is 0 Å². The van der Waals surface area contributed by atoms with Crippen LogP contribution in [0.1, 0.15) is 71.1 Å². The van der Waals surface area contributed by atoms with Gasteiger partial charge in [-0.1, -0.05) is 77.2 Å². The molecule has 0 heterocycles. The maximum Gasteiger partial charge on any atom is 0.0535 e. The summed E-state index contributed by atoms with van der Waals surface area (Å²) in [5.41, 5.74) is -1.65. The van der Waals surface area contributed by atoms with E-state index in [0.717, 1.165) is 38.5 Å². The van der Waals surface area contributed by atoms with Crippen molar-refractivity contribution in [2.45, 2.75) is 88.3 Å². The molecule has 0 aromatic carbocycles. The molecule has 0 spiro atoms. The second kappa shape index (κ2) is 5.03. The summed E-state index contributed by atoms with van der Waals surface area (Å²) < 4.78 is 42.4. The van der Waals surface area contributed by atoms with Crippen molar-refractivity contribution in [1.82, 2.24) is 0 Å². The van der Waals surface area contributed by atoms with Gasteiger partial charge in [-0.15, -0.1) is 0 Å². The van der Waals surface area contributed by atoms with E-state index in [4.69, 9.17) is 6.85 Å². The molecule has 0 bridgehead atoms. The Morgan fingerprint density at radius 3 is 1.60 bits per heavy atom. The third kappa shape index (κ3) is 2.67. The molecular formula is C14H28Si. The first-order valence-corrected chi connectivity index (χ1v) is 9.16. The van der Waals surface area contributed by atoms with E-state index in [9.17, 15) is 0 Å². The zero-order chi connectivity index (χ0) is 15.1. The summed E-state index contributed by atoms with van der Waals surface area (Å²) in [6.07, 6.45) is 8.94. The average Bonchev–Trinajstić information content (AvgIpc) is 2.38. The van der Waals surface area contributed by atoms with Crippen LogP contribution in [-0.4, -0.2) is 8.07 Å². The van der Waals surface area contributed by atoms with Crippen molar-refractivity contribution >= 4 is 8.07 Å². The summed E-state index contributed by atoms with van der Waals surface area (Å²) in [5.74, 6) is 0. The summed E-state index contributed by atoms with van der Waals surface area (Å²) in [6, 6.07) is 0. The molecule has 0 saturated heterocycles. The van der Waals surface area contributed by atoms with Gasteiger partial charge in [-0.05, 0) is 11.0 Å². The number of hydrogen-bond donors (Lipinski definition) is 0. The second-order valence-electron chi connectivity index (χ2n) is 5.45. The van der Waals surface area contributed by atoms with Crippen LogP contribution in [0.3, 0.4) is 0 Å². The predicted octanol–water partition coefficient (Wildman–Crippen LogP) is 5.36. The number of hydrogen-bond acceptors (Lipinski definition) is 0. The first kappa shape index (κ1) is 6.83. The van der Waals surface area contributed by atoms with Gasteiger partial charge in [0.25, 0.3) is 0 Å². The molecule has 0 aromatic heterocycles. The van der Waals surface area contributed by atoms with E-state index in [2.05, 4.69) is 0 Å². The van der Waals surface area contributed by atoms with E-state index >= 15 is 0 Å². The van der Waals surface area contributed by atoms with Gasteiger partial charge in [-0.3, -0.25) is 0 Å². The highest BCUT2D eigenvalue weighted by molar-refractivity contribution is 6.80. The Hall–Kier alpha value is 0.217. The Morgan fingerprint density at radius 2 is 1.27 bits per heavy atom. The van der Waals surface area contributed by atoms with Gasteiger partial charge in [-0.25, -0.2) is 0 Å². The highest BCUT2D eigenvalue weighted by Gasteiger charge is 2.39. The van der Waals surface area contributed by atoms with E-state index < -0.39 is 25.6 Å². The van der Waals surface area contributed by atoms with E-state index in [1.165, 1.54) is 0 Å². The Kier molecular flexibility index (Phi) is 2.29. The van der Waals surface area contributed by atoms with Crippen LogP contribution in [0.4, 0.5) is 0 Å². The first-order valence-electron chi connectivity index (χ1n) is 9.16. The maximum atomic E-state index is 8.97. The molecule has 2 aliphatic carbocycles. The third-order valence-electron chi connectivity index (χ3n) is 4.33. The Balaban J connectivity index is 2.44. The molecule has 2 rings (SSSR count). The van der Waals surface area contributed by atoms with Gasteiger partial charge in [0.1, 0.15) is 0 Å². The lowest BCUT2D eigenvalue weighted by molar-refractivity contribution is 0.454. The van der Waals surface area contributed by atoms with Gasteiger partial charge < -0.3 is 0 Å². The predicted molar refractivity (Wildman–Crippen MR) is 71.2 cm³/mol. The van der Waals surface area contributed by atoms with E-state index in [-0.39, 0.29) is 0 Å². The van der Waals surface area contributed by atoms with Crippen molar-refractivity contribution in [2.24, 2.45) is 0 Å². The topological polar surface area (TPSA) is 0 Å². The molecule has 0 aliphatic heterocycles. The van der Waals surface area contributed by atoms with Crippen LogP contribution in [-0.2, 0) is 0 Å². The lowest BCUT2D eigenvalue weighted by Crippen LogP contribution is -2.40. The summed E-state index contributed by atoms with van der Waals surface area (Å²) in [4.78, 5) is 0. The molecule has 2 saturated carbocycles. The van der Waals surface area contributed by atoms with Gasteiger partial charge in [0.15, 0.2) is 0 Å². The average molecular weight is 229 g/mol. The fourth-order valence-electron chi connectivity index (χ4n) is 3.21. The van der Waals surface area contributed by atoms with Crippen molar-refractivity contribution < 1.29 is 6.85 Å². The molecule has 2 aliphatic rings. The molecule has 1 heteroatoms. The summed E-state index contributed by atoms with van der Waals surface area (Å²) in [6.45, 7) is -0.220. The molecule has 0 nitrogen and oxygen atoms in total. The van der Waals surface area contributed by atoms with Crippen LogP contribution < -0.4 is 0 Å². The van der Waals surface area contributed by atoms with Crippen molar-refractivity contribution in [3.8, 4) is 0 Å².